The fraction of sp³-hybridized carbons (Fsp3) is 0.136. The first-order valence-corrected chi connectivity index (χ1v) is 12.5. The fourth-order valence-corrected chi connectivity index (χ4v) is 5.07. The van der Waals surface area contributed by atoms with Crippen LogP contribution in [0.15, 0.2) is 58.3 Å². The summed E-state index contributed by atoms with van der Waals surface area (Å²) in [6, 6.07) is 12.8. The lowest BCUT2D eigenvalue weighted by atomic mass is 9.83. The average Bonchev–Trinajstić information content (AvgIpc) is 2.69. The summed E-state index contributed by atoms with van der Waals surface area (Å²) in [5, 5.41) is 0. The van der Waals surface area contributed by atoms with Crippen LogP contribution in [0.5, 0.6) is 0 Å². The van der Waals surface area contributed by atoms with Crippen molar-refractivity contribution < 1.29 is 30.7 Å². The summed E-state index contributed by atoms with van der Waals surface area (Å²) in [7, 11) is -8.60. The van der Waals surface area contributed by atoms with E-state index in [2.05, 4.69) is 0 Å². The molecule has 3 aromatic carbocycles. The molecule has 3 aromatic rings. The maximum atomic E-state index is 12.5. The molecular formula is C22H22N2O7S2. The van der Waals surface area contributed by atoms with Crippen molar-refractivity contribution in [2.24, 2.45) is 0 Å². The molecule has 0 amide bonds. The third-order valence-corrected chi connectivity index (χ3v) is 7.12. The number of carbonyl (C=O) groups is 1. The second-order valence-electron chi connectivity index (χ2n) is 7.61. The van der Waals surface area contributed by atoms with Gasteiger partial charge in [0.25, 0.3) is 20.2 Å². The zero-order valence-electron chi connectivity index (χ0n) is 17.7. The first-order valence-electron chi connectivity index (χ1n) is 9.57. The largest absolute Gasteiger partial charge is 0.398 e. The minimum atomic E-state index is -4.55. The van der Waals surface area contributed by atoms with Gasteiger partial charge in [0.2, 0.25) is 0 Å². The van der Waals surface area contributed by atoms with Crippen molar-refractivity contribution in [3.63, 3.8) is 0 Å². The molecule has 6 N–H and O–H groups in total. The number of nitrogen functional groups attached to an aromatic ring is 2. The molecule has 1 aliphatic carbocycles. The lowest BCUT2D eigenvalue weighted by Gasteiger charge is -2.22. The zero-order chi connectivity index (χ0) is 24.7. The zero-order valence-corrected chi connectivity index (χ0v) is 19.4. The number of hydrogen-bond acceptors (Lipinski definition) is 7. The van der Waals surface area contributed by atoms with Gasteiger partial charge < -0.3 is 11.5 Å². The van der Waals surface area contributed by atoms with Crippen LogP contribution in [0, 0.1) is 13.8 Å². The van der Waals surface area contributed by atoms with E-state index in [1.165, 1.54) is 6.07 Å². The summed E-state index contributed by atoms with van der Waals surface area (Å²) >= 11 is 0. The Bertz CT molecular complexity index is 1500. The van der Waals surface area contributed by atoms with Crippen LogP contribution in [0.3, 0.4) is 0 Å². The van der Waals surface area contributed by atoms with Gasteiger partial charge in [0.05, 0.1) is 16.1 Å². The number of carbonyl (C=O) groups excluding carboxylic acids is 1. The number of hydrogen-bond donors (Lipinski definition) is 4. The van der Waals surface area contributed by atoms with Crippen LogP contribution >= 0.6 is 0 Å². The van der Waals surface area contributed by atoms with Crippen LogP contribution in [0.2, 0.25) is 0 Å². The van der Waals surface area contributed by atoms with Gasteiger partial charge in [0, 0.05) is 17.7 Å². The van der Waals surface area contributed by atoms with E-state index in [-0.39, 0.29) is 27.6 Å². The molecule has 0 aromatic heterocycles. The van der Waals surface area contributed by atoms with Gasteiger partial charge in [0.15, 0.2) is 5.78 Å². The molecule has 0 spiro atoms. The van der Waals surface area contributed by atoms with Gasteiger partial charge in [-0.25, -0.2) is 0 Å². The van der Waals surface area contributed by atoms with Crippen LogP contribution in [-0.2, 0) is 26.7 Å². The first kappa shape index (κ1) is 24.4. The van der Waals surface area contributed by atoms with Gasteiger partial charge >= 0.3 is 0 Å². The summed E-state index contributed by atoms with van der Waals surface area (Å²) in [4.78, 5) is 12.0. The number of ketones is 1. The van der Waals surface area contributed by atoms with Crippen molar-refractivity contribution in [1.29, 1.82) is 0 Å². The highest BCUT2D eigenvalue weighted by Crippen LogP contribution is 2.37. The molecule has 9 nitrogen and oxygen atoms in total. The molecule has 1 aliphatic rings. The molecule has 0 aliphatic heterocycles. The Morgan fingerprint density at radius 2 is 1.45 bits per heavy atom. The fourth-order valence-electron chi connectivity index (χ4n) is 3.71. The molecule has 0 unspecified atom stereocenters. The second kappa shape index (κ2) is 8.60. The van der Waals surface area contributed by atoms with Crippen LogP contribution in [-0.4, -0.2) is 31.7 Å². The molecule has 4 rings (SSSR count). The quantitative estimate of drug-likeness (QED) is 0.243. The van der Waals surface area contributed by atoms with E-state index in [0.29, 0.717) is 23.1 Å². The van der Waals surface area contributed by atoms with Crippen LogP contribution in [0.4, 0.5) is 11.4 Å². The Labute approximate surface area is 191 Å². The number of aryl methyl sites for hydroxylation is 2. The number of fused-ring (bicyclic) bond motifs is 2. The lowest BCUT2D eigenvalue weighted by molar-refractivity contribution is 0.103. The number of benzene rings is 3. The topological polar surface area (TPSA) is 178 Å². The minimum Gasteiger partial charge on any atom is -0.398 e. The number of rotatable bonds is 2. The Balaban J connectivity index is 0.000000218. The van der Waals surface area contributed by atoms with Crippen LogP contribution in [0.1, 0.15) is 38.2 Å². The minimum absolute atomic E-state index is 0.0203. The number of anilines is 2. The number of nitrogens with two attached hydrogens (primary N) is 2. The molecule has 0 heterocycles. The molecule has 0 bridgehead atoms. The molecular weight excluding hydrogens is 468 g/mol. The summed E-state index contributed by atoms with van der Waals surface area (Å²) in [5.41, 5.74) is 14.8. The van der Waals surface area contributed by atoms with Gasteiger partial charge in [-0.3, -0.25) is 13.9 Å². The van der Waals surface area contributed by atoms with Crippen molar-refractivity contribution >= 4 is 37.4 Å². The first-order chi connectivity index (χ1) is 15.2. The Hall–Kier alpha value is -3.25. The average molecular weight is 491 g/mol. The molecule has 0 fully saturated rings. The van der Waals surface area contributed by atoms with Gasteiger partial charge in [-0.15, -0.1) is 0 Å². The molecule has 11 heteroatoms. The third kappa shape index (κ3) is 4.91. The monoisotopic (exact) mass is 490 g/mol. The van der Waals surface area contributed by atoms with E-state index in [9.17, 15) is 26.2 Å². The highest BCUT2D eigenvalue weighted by atomic mass is 32.2. The lowest BCUT2D eigenvalue weighted by Crippen LogP contribution is -2.20. The predicted octanol–water partition coefficient (Wildman–Crippen LogP) is 2.78. The van der Waals surface area contributed by atoms with E-state index >= 15 is 0 Å². The van der Waals surface area contributed by atoms with E-state index in [1.807, 2.05) is 19.1 Å². The van der Waals surface area contributed by atoms with Gasteiger partial charge in [-0.05, 0) is 42.7 Å². The molecule has 0 atom stereocenters. The van der Waals surface area contributed by atoms with Crippen molar-refractivity contribution in [3.05, 3.63) is 81.9 Å². The Kier molecular flexibility index (Phi) is 6.35. The van der Waals surface area contributed by atoms with E-state index < -0.39 is 25.1 Å². The highest BCUT2D eigenvalue weighted by molar-refractivity contribution is 7.86. The molecule has 0 saturated heterocycles. The Morgan fingerprint density at radius 1 is 0.848 bits per heavy atom. The second-order valence-corrected chi connectivity index (χ2v) is 10.4. The normalized spacial score (nSPS) is 12.9. The molecule has 0 saturated carbocycles. The van der Waals surface area contributed by atoms with Gasteiger partial charge in [-0.1, -0.05) is 42.0 Å². The SMILES string of the molecule is Cc1ccc(S(=O)(=O)O)c(C)c1.Nc1cc(S(=O)(=O)O)c(N)c2c1Cc1ccccc1C2=O. The molecule has 174 valence electrons. The van der Waals surface area contributed by atoms with E-state index in [4.69, 9.17) is 16.0 Å². The van der Waals surface area contributed by atoms with Gasteiger partial charge in [-0.2, -0.15) is 16.8 Å². The highest BCUT2D eigenvalue weighted by Gasteiger charge is 2.30. The standard InChI is InChI=1S/C14H12N2O4S.C8H10O3S/c15-10-6-11(21(18,19)20)13(16)12-9(10)5-7-3-1-2-4-8(7)14(12)17;1-6-3-4-8(7(2)5-6)12(9,10)11/h1-4,6H,5,15-16H2,(H,18,19,20);3-5H,1-2H3,(H,9,10,11). The summed E-state index contributed by atoms with van der Waals surface area (Å²) < 4.78 is 62.1. The van der Waals surface area contributed by atoms with Gasteiger partial charge in [0.1, 0.15) is 4.90 Å². The smallest absolute Gasteiger partial charge is 0.296 e. The maximum Gasteiger partial charge on any atom is 0.296 e. The summed E-state index contributed by atoms with van der Waals surface area (Å²) in [6.07, 6.45) is 0.388. The predicted molar refractivity (Wildman–Crippen MR) is 123 cm³/mol. The molecule has 0 radical (unpaired) electrons. The summed E-state index contributed by atoms with van der Waals surface area (Å²) in [6.45, 7) is 3.51. The van der Waals surface area contributed by atoms with Crippen molar-refractivity contribution in [1.82, 2.24) is 0 Å². The van der Waals surface area contributed by atoms with Crippen molar-refractivity contribution in [2.45, 2.75) is 30.1 Å². The van der Waals surface area contributed by atoms with Crippen LogP contribution in [0.25, 0.3) is 0 Å². The van der Waals surface area contributed by atoms with E-state index in [1.54, 1.807) is 31.2 Å². The summed E-state index contributed by atoms with van der Waals surface area (Å²) in [5.74, 6) is -0.387. The maximum absolute atomic E-state index is 12.5. The van der Waals surface area contributed by atoms with Crippen molar-refractivity contribution in [2.75, 3.05) is 11.5 Å². The third-order valence-electron chi connectivity index (χ3n) is 5.21. The van der Waals surface area contributed by atoms with Crippen molar-refractivity contribution in [3.8, 4) is 0 Å². The molecule has 33 heavy (non-hydrogen) atoms. The van der Waals surface area contributed by atoms with Crippen LogP contribution < -0.4 is 11.5 Å². The van der Waals surface area contributed by atoms with E-state index in [0.717, 1.165) is 17.2 Å². The Morgan fingerprint density at radius 3 is 2.03 bits per heavy atom.